The maximum atomic E-state index is 11.8. The van der Waals surface area contributed by atoms with Crippen molar-refractivity contribution in [2.75, 3.05) is 0 Å². The molecule has 2 rings (SSSR count). The Balaban J connectivity index is 1.98. The Morgan fingerprint density at radius 1 is 1.00 bits per heavy atom. The van der Waals surface area contributed by atoms with Crippen molar-refractivity contribution in [1.29, 1.82) is 0 Å². The summed E-state index contributed by atoms with van der Waals surface area (Å²) in [5.74, 6) is -0.821. The lowest BCUT2D eigenvalue weighted by Crippen LogP contribution is -2.41. The maximum absolute atomic E-state index is 11.8. The van der Waals surface area contributed by atoms with Gasteiger partial charge in [-0.05, 0) is 40.2 Å². The van der Waals surface area contributed by atoms with Crippen LogP contribution in [0.5, 0.6) is 0 Å². The molecule has 96 valence electrons. The van der Waals surface area contributed by atoms with Crippen LogP contribution in [0.4, 0.5) is 0 Å². The number of hydrazine groups is 1. The molecule has 0 aliphatic heterocycles. The number of carbonyl (C=O) groups excluding carboxylic acids is 2. The second kappa shape index (κ2) is 6.10. The van der Waals surface area contributed by atoms with Crippen LogP contribution < -0.4 is 10.9 Å². The molecule has 0 saturated heterocycles. The van der Waals surface area contributed by atoms with Gasteiger partial charge >= 0.3 is 0 Å². The van der Waals surface area contributed by atoms with Gasteiger partial charge in [-0.2, -0.15) is 0 Å². The van der Waals surface area contributed by atoms with E-state index in [0.29, 0.717) is 15.6 Å². The van der Waals surface area contributed by atoms with Gasteiger partial charge in [-0.25, -0.2) is 0 Å². The molecule has 1 heterocycles. The first kappa shape index (κ1) is 13.2. The lowest BCUT2D eigenvalue weighted by molar-refractivity contribution is 0.0846. The Bertz CT molecular complexity index is 602. The van der Waals surface area contributed by atoms with Crippen LogP contribution in [-0.4, -0.2) is 16.8 Å². The summed E-state index contributed by atoms with van der Waals surface area (Å²) in [5, 5.41) is 0. The summed E-state index contributed by atoms with van der Waals surface area (Å²) >= 11 is 3.27. The van der Waals surface area contributed by atoms with Crippen LogP contribution in [0.15, 0.2) is 53.3 Å². The van der Waals surface area contributed by atoms with Crippen molar-refractivity contribution < 1.29 is 9.59 Å². The van der Waals surface area contributed by atoms with Crippen molar-refractivity contribution in [2.45, 2.75) is 0 Å². The first-order chi connectivity index (χ1) is 9.18. The number of aromatic nitrogens is 1. The van der Waals surface area contributed by atoms with E-state index in [9.17, 15) is 9.59 Å². The first-order valence-corrected chi connectivity index (χ1v) is 6.23. The molecular formula is C13H10BrN3O2. The van der Waals surface area contributed by atoms with Crippen molar-refractivity contribution in [1.82, 2.24) is 15.8 Å². The monoisotopic (exact) mass is 319 g/mol. The van der Waals surface area contributed by atoms with Crippen molar-refractivity contribution in [3.63, 3.8) is 0 Å². The highest BCUT2D eigenvalue weighted by Crippen LogP contribution is 2.15. The molecule has 0 atom stereocenters. The summed E-state index contributed by atoms with van der Waals surface area (Å²) in [6.45, 7) is 0. The second-order valence-electron chi connectivity index (χ2n) is 3.63. The standard InChI is InChI=1S/C13H10BrN3O2/c14-11-6-2-1-5-10(11)13(19)17-16-12(18)9-4-3-7-15-8-9/h1-8H,(H,16,18)(H,17,19). The van der Waals surface area contributed by atoms with Crippen LogP contribution in [-0.2, 0) is 0 Å². The summed E-state index contributed by atoms with van der Waals surface area (Å²) < 4.78 is 0.656. The maximum Gasteiger partial charge on any atom is 0.271 e. The molecule has 0 saturated carbocycles. The average molecular weight is 320 g/mol. The predicted molar refractivity (Wildman–Crippen MR) is 73.3 cm³/mol. The zero-order valence-electron chi connectivity index (χ0n) is 9.76. The Morgan fingerprint density at radius 3 is 2.42 bits per heavy atom. The summed E-state index contributed by atoms with van der Waals surface area (Å²) in [7, 11) is 0. The van der Waals surface area contributed by atoms with Crippen LogP contribution in [0, 0.1) is 0 Å². The molecule has 1 aromatic heterocycles. The zero-order chi connectivity index (χ0) is 13.7. The van der Waals surface area contributed by atoms with Gasteiger partial charge in [-0.15, -0.1) is 0 Å². The van der Waals surface area contributed by atoms with Crippen LogP contribution in [0.1, 0.15) is 20.7 Å². The van der Waals surface area contributed by atoms with E-state index < -0.39 is 11.8 Å². The first-order valence-electron chi connectivity index (χ1n) is 5.43. The fraction of sp³-hybridized carbons (Fsp3) is 0. The Labute approximate surface area is 118 Å². The number of hydrogen-bond acceptors (Lipinski definition) is 3. The molecular weight excluding hydrogens is 310 g/mol. The third-order valence-electron chi connectivity index (χ3n) is 2.33. The third kappa shape index (κ3) is 3.38. The number of rotatable bonds is 2. The van der Waals surface area contributed by atoms with E-state index in [1.54, 1.807) is 42.6 Å². The highest BCUT2D eigenvalue weighted by atomic mass is 79.9. The molecule has 6 heteroatoms. The summed E-state index contributed by atoms with van der Waals surface area (Å²) in [6, 6.07) is 10.2. The quantitative estimate of drug-likeness (QED) is 0.831. The fourth-order valence-corrected chi connectivity index (χ4v) is 1.86. The number of halogens is 1. The molecule has 0 unspecified atom stereocenters. The number of amides is 2. The van der Waals surface area contributed by atoms with Crippen molar-refractivity contribution in [3.8, 4) is 0 Å². The van der Waals surface area contributed by atoms with Crippen LogP contribution in [0.25, 0.3) is 0 Å². The van der Waals surface area contributed by atoms with Gasteiger partial charge in [0.05, 0.1) is 11.1 Å². The third-order valence-corrected chi connectivity index (χ3v) is 3.02. The van der Waals surface area contributed by atoms with E-state index in [1.807, 2.05) is 0 Å². The summed E-state index contributed by atoms with van der Waals surface area (Å²) in [6.07, 6.45) is 2.98. The minimum absolute atomic E-state index is 0.370. The predicted octanol–water partition coefficient (Wildman–Crippen LogP) is 1.92. The van der Waals surface area contributed by atoms with Gasteiger partial charge in [0, 0.05) is 16.9 Å². The zero-order valence-corrected chi connectivity index (χ0v) is 11.3. The van der Waals surface area contributed by atoms with Crippen molar-refractivity contribution in [3.05, 3.63) is 64.4 Å². The number of nitrogens with one attached hydrogen (secondary N) is 2. The minimum atomic E-state index is -0.423. The fourth-order valence-electron chi connectivity index (χ4n) is 1.40. The second-order valence-corrected chi connectivity index (χ2v) is 4.48. The van der Waals surface area contributed by atoms with Gasteiger partial charge in [-0.3, -0.25) is 25.4 Å². The molecule has 1 aromatic carbocycles. The van der Waals surface area contributed by atoms with E-state index in [0.717, 1.165) is 0 Å². The molecule has 0 aliphatic carbocycles. The van der Waals surface area contributed by atoms with E-state index >= 15 is 0 Å². The molecule has 0 radical (unpaired) electrons. The van der Waals surface area contributed by atoms with Gasteiger partial charge in [0.25, 0.3) is 11.8 Å². The molecule has 0 spiro atoms. The average Bonchev–Trinajstić information content (AvgIpc) is 2.46. The summed E-state index contributed by atoms with van der Waals surface area (Å²) in [5.41, 5.74) is 5.48. The molecule has 2 N–H and O–H groups in total. The smallest absolute Gasteiger partial charge is 0.267 e. The SMILES string of the molecule is O=C(NNC(=O)c1ccccc1Br)c1cccnc1. The van der Waals surface area contributed by atoms with Crippen molar-refractivity contribution >= 4 is 27.7 Å². The molecule has 2 aromatic rings. The lowest BCUT2D eigenvalue weighted by atomic mass is 10.2. The molecule has 0 bridgehead atoms. The largest absolute Gasteiger partial charge is 0.271 e. The van der Waals surface area contributed by atoms with E-state index in [-0.39, 0.29) is 0 Å². The van der Waals surface area contributed by atoms with Crippen molar-refractivity contribution in [2.24, 2.45) is 0 Å². The lowest BCUT2D eigenvalue weighted by Gasteiger charge is -2.08. The van der Waals surface area contributed by atoms with E-state index in [4.69, 9.17) is 0 Å². The molecule has 0 fully saturated rings. The van der Waals surface area contributed by atoms with Gasteiger partial charge in [0.15, 0.2) is 0 Å². The topological polar surface area (TPSA) is 71.1 Å². The molecule has 2 amide bonds. The van der Waals surface area contributed by atoms with E-state index in [2.05, 4.69) is 31.8 Å². The van der Waals surface area contributed by atoms with Gasteiger partial charge in [-0.1, -0.05) is 12.1 Å². The minimum Gasteiger partial charge on any atom is -0.267 e. The highest BCUT2D eigenvalue weighted by molar-refractivity contribution is 9.10. The van der Waals surface area contributed by atoms with Gasteiger partial charge in [0.1, 0.15) is 0 Å². The number of hydrogen-bond donors (Lipinski definition) is 2. The number of pyridine rings is 1. The Hall–Kier alpha value is -2.21. The van der Waals surface area contributed by atoms with Crippen LogP contribution >= 0.6 is 15.9 Å². The molecule has 0 aliphatic rings. The normalized spacial score (nSPS) is 9.74. The summed E-state index contributed by atoms with van der Waals surface area (Å²) in [4.78, 5) is 27.3. The van der Waals surface area contributed by atoms with Gasteiger partial charge in [0.2, 0.25) is 0 Å². The number of nitrogens with zero attached hydrogens (tertiary/aromatic N) is 1. The number of carbonyl (C=O) groups is 2. The highest BCUT2D eigenvalue weighted by Gasteiger charge is 2.11. The van der Waals surface area contributed by atoms with Gasteiger partial charge < -0.3 is 0 Å². The Kier molecular flexibility index (Phi) is 4.25. The van der Waals surface area contributed by atoms with E-state index in [1.165, 1.54) is 6.20 Å². The molecule has 19 heavy (non-hydrogen) atoms. The van der Waals surface area contributed by atoms with Crippen LogP contribution in [0.2, 0.25) is 0 Å². The number of benzene rings is 1. The van der Waals surface area contributed by atoms with Crippen LogP contribution in [0.3, 0.4) is 0 Å². The molecule has 5 nitrogen and oxygen atoms in total. The Morgan fingerprint density at radius 2 is 1.74 bits per heavy atom.